The molecule has 1 aliphatic rings. The molecule has 1 N–H and O–H groups in total. The fraction of sp³-hybridized carbons (Fsp3) is 0.565. The van der Waals surface area contributed by atoms with E-state index in [-0.39, 0.29) is 18.3 Å². The third kappa shape index (κ3) is 9.30. The van der Waals surface area contributed by atoms with E-state index in [1.54, 1.807) is 0 Å². The fourth-order valence-corrected chi connectivity index (χ4v) is 3.55. The Morgan fingerprint density at radius 1 is 1.14 bits per heavy atom. The normalized spacial score (nSPS) is 22.0. The van der Waals surface area contributed by atoms with E-state index in [1.165, 1.54) is 0 Å². The first-order valence-electron chi connectivity index (χ1n) is 10.3. The number of allylic oxidation sites excluding steroid dienone is 2. The molecule has 1 aromatic carbocycles. The smallest absolute Gasteiger partial charge is 0.147 e. The maximum absolute atomic E-state index is 10.2. The zero-order valence-electron chi connectivity index (χ0n) is 17.7. The molecule has 1 heterocycles. The Labute approximate surface area is 171 Å². The van der Waals surface area contributed by atoms with Crippen molar-refractivity contribution < 1.29 is 19.3 Å². The third-order valence-corrected chi connectivity index (χ3v) is 6.37. The summed E-state index contributed by atoms with van der Waals surface area (Å²) in [6.07, 6.45) is 9.17. The van der Waals surface area contributed by atoms with Gasteiger partial charge in [0.25, 0.3) is 0 Å². The van der Waals surface area contributed by atoms with Gasteiger partial charge < -0.3 is 19.3 Å². The Hall–Kier alpha value is -1.24. The standard InChI is InChI=1S/C23H36O4Si/c1-19(26-18-25-16-17-28(2,3)4)12-8-5-6-11-15-21(24)23-22(27-23)20-13-9-7-10-14-20/h6-14,19,21-24H,5,15-18H2,1-4H3/b11-6+,12-8-/t19-,21-,22+,23+/m1/s1. The molecule has 0 spiro atoms. The molecular formula is C23H36O4Si. The fourth-order valence-electron chi connectivity index (χ4n) is 2.79. The van der Waals surface area contributed by atoms with E-state index >= 15 is 0 Å². The van der Waals surface area contributed by atoms with Crippen molar-refractivity contribution in [2.75, 3.05) is 13.4 Å². The van der Waals surface area contributed by atoms with Crippen LogP contribution in [0.25, 0.3) is 0 Å². The number of aliphatic hydroxyl groups is 1. The Morgan fingerprint density at radius 2 is 1.89 bits per heavy atom. The molecule has 0 unspecified atom stereocenters. The quantitative estimate of drug-likeness (QED) is 0.163. The van der Waals surface area contributed by atoms with Gasteiger partial charge in [0.05, 0.1) is 12.2 Å². The van der Waals surface area contributed by atoms with Crippen molar-refractivity contribution in [1.82, 2.24) is 0 Å². The van der Waals surface area contributed by atoms with E-state index < -0.39 is 14.2 Å². The number of rotatable bonds is 13. The number of epoxide rings is 1. The second-order valence-electron chi connectivity index (χ2n) is 8.58. The monoisotopic (exact) mass is 404 g/mol. The summed E-state index contributed by atoms with van der Waals surface area (Å²) in [7, 11) is -1.03. The van der Waals surface area contributed by atoms with Crippen molar-refractivity contribution >= 4 is 8.07 Å². The van der Waals surface area contributed by atoms with Crippen molar-refractivity contribution in [3.8, 4) is 0 Å². The third-order valence-electron chi connectivity index (χ3n) is 4.67. The second-order valence-corrected chi connectivity index (χ2v) is 14.2. The van der Waals surface area contributed by atoms with Crippen molar-refractivity contribution in [1.29, 1.82) is 0 Å². The molecule has 5 heteroatoms. The topological polar surface area (TPSA) is 51.2 Å². The van der Waals surface area contributed by atoms with Gasteiger partial charge in [0.1, 0.15) is 19.0 Å². The lowest BCUT2D eigenvalue weighted by atomic mass is 10.0. The minimum absolute atomic E-state index is 0.0375. The summed E-state index contributed by atoms with van der Waals surface area (Å²) in [5.41, 5.74) is 1.14. The first-order chi connectivity index (χ1) is 13.4. The van der Waals surface area contributed by atoms with Gasteiger partial charge in [-0.25, -0.2) is 0 Å². The van der Waals surface area contributed by atoms with Crippen molar-refractivity contribution in [2.45, 2.75) is 69.9 Å². The van der Waals surface area contributed by atoms with Crippen LogP contribution in [-0.2, 0) is 14.2 Å². The minimum Gasteiger partial charge on any atom is -0.390 e. The summed E-state index contributed by atoms with van der Waals surface area (Å²) in [4.78, 5) is 0. The van der Waals surface area contributed by atoms with E-state index in [4.69, 9.17) is 14.2 Å². The molecule has 0 saturated carbocycles. The van der Waals surface area contributed by atoms with E-state index in [0.717, 1.165) is 24.6 Å². The van der Waals surface area contributed by atoms with Crippen molar-refractivity contribution in [2.24, 2.45) is 0 Å². The van der Waals surface area contributed by atoms with Crippen LogP contribution >= 0.6 is 0 Å². The summed E-state index contributed by atoms with van der Waals surface area (Å²) < 4.78 is 16.8. The van der Waals surface area contributed by atoms with E-state index in [2.05, 4.69) is 31.8 Å². The number of hydrogen-bond acceptors (Lipinski definition) is 4. The molecule has 1 saturated heterocycles. The Kier molecular flexibility index (Phi) is 9.61. The van der Waals surface area contributed by atoms with Crippen molar-refractivity contribution in [3.63, 3.8) is 0 Å². The first-order valence-corrected chi connectivity index (χ1v) is 14.0. The van der Waals surface area contributed by atoms with Crippen LogP contribution in [0.2, 0.25) is 25.7 Å². The maximum atomic E-state index is 10.2. The molecule has 156 valence electrons. The highest BCUT2D eigenvalue weighted by molar-refractivity contribution is 6.76. The van der Waals surface area contributed by atoms with Crippen LogP contribution in [0.1, 0.15) is 31.4 Å². The molecule has 28 heavy (non-hydrogen) atoms. The Balaban J connectivity index is 1.52. The van der Waals surface area contributed by atoms with Crippen LogP contribution in [0.4, 0.5) is 0 Å². The highest BCUT2D eigenvalue weighted by atomic mass is 28.3. The van der Waals surface area contributed by atoms with Crippen LogP contribution in [0.15, 0.2) is 54.6 Å². The maximum Gasteiger partial charge on any atom is 0.147 e. The lowest BCUT2D eigenvalue weighted by molar-refractivity contribution is -0.0665. The van der Waals surface area contributed by atoms with Crippen LogP contribution in [0.5, 0.6) is 0 Å². The predicted molar refractivity (Wildman–Crippen MR) is 117 cm³/mol. The lowest BCUT2D eigenvalue weighted by Crippen LogP contribution is -2.22. The summed E-state index contributed by atoms with van der Waals surface area (Å²) in [6.45, 7) is 10.2. The molecule has 0 radical (unpaired) electrons. The molecule has 1 aliphatic heterocycles. The van der Waals surface area contributed by atoms with E-state index in [9.17, 15) is 5.11 Å². The molecule has 2 rings (SSSR count). The Bertz CT molecular complexity index is 609. The minimum atomic E-state index is -1.03. The van der Waals surface area contributed by atoms with E-state index in [1.807, 2.05) is 49.4 Å². The summed E-state index contributed by atoms with van der Waals surface area (Å²) in [5.74, 6) is 0. The summed E-state index contributed by atoms with van der Waals surface area (Å²) >= 11 is 0. The first kappa shape index (κ1) is 23.0. The van der Waals surface area contributed by atoms with Gasteiger partial charge in [0, 0.05) is 14.7 Å². The highest BCUT2D eigenvalue weighted by Crippen LogP contribution is 2.41. The molecule has 0 aromatic heterocycles. The number of hydrogen-bond donors (Lipinski definition) is 1. The second kappa shape index (κ2) is 11.7. The largest absolute Gasteiger partial charge is 0.390 e. The van der Waals surface area contributed by atoms with Crippen LogP contribution < -0.4 is 0 Å². The molecule has 1 fully saturated rings. The molecule has 4 nitrogen and oxygen atoms in total. The van der Waals surface area contributed by atoms with Gasteiger partial charge in [-0.15, -0.1) is 0 Å². The Morgan fingerprint density at radius 3 is 2.61 bits per heavy atom. The van der Waals surface area contributed by atoms with Gasteiger partial charge in [0.2, 0.25) is 0 Å². The van der Waals surface area contributed by atoms with E-state index in [0.29, 0.717) is 13.2 Å². The number of ether oxygens (including phenoxy) is 3. The zero-order chi connectivity index (χ0) is 20.4. The van der Waals surface area contributed by atoms with Crippen LogP contribution in [0.3, 0.4) is 0 Å². The zero-order valence-corrected chi connectivity index (χ0v) is 18.7. The van der Waals surface area contributed by atoms with Gasteiger partial charge in [-0.3, -0.25) is 0 Å². The predicted octanol–water partition coefficient (Wildman–Crippen LogP) is 5.10. The van der Waals surface area contributed by atoms with Gasteiger partial charge in [-0.05, 0) is 31.4 Å². The molecular weight excluding hydrogens is 368 g/mol. The average Bonchev–Trinajstić information content (AvgIpc) is 3.45. The van der Waals surface area contributed by atoms with Crippen LogP contribution in [-0.4, -0.2) is 44.9 Å². The number of aliphatic hydroxyl groups excluding tert-OH is 1. The lowest BCUT2D eigenvalue weighted by Gasteiger charge is -2.16. The van der Waals surface area contributed by atoms with Gasteiger partial charge in [-0.2, -0.15) is 0 Å². The van der Waals surface area contributed by atoms with Gasteiger partial charge >= 0.3 is 0 Å². The SMILES string of the molecule is C[C@H](/C=C\C/C=C/C[C@@H](O)[C@@H]1O[C@H]1c1ccccc1)OCOCC[Si](C)(C)C. The van der Waals surface area contributed by atoms with Gasteiger partial charge in [0.15, 0.2) is 0 Å². The van der Waals surface area contributed by atoms with Crippen LogP contribution in [0, 0.1) is 0 Å². The van der Waals surface area contributed by atoms with Gasteiger partial charge in [-0.1, -0.05) is 74.3 Å². The van der Waals surface area contributed by atoms with Crippen molar-refractivity contribution in [3.05, 3.63) is 60.2 Å². The molecule has 0 aliphatic carbocycles. The highest BCUT2D eigenvalue weighted by Gasteiger charge is 2.44. The number of benzene rings is 1. The molecule has 4 atom stereocenters. The molecule has 1 aromatic rings. The average molecular weight is 405 g/mol. The summed E-state index contributed by atoms with van der Waals surface area (Å²) in [6, 6.07) is 11.2. The molecule has 0 amide bonds. The molecule has 0 bridgehead atoms. The summed E-state index contributed by atoms with van der Waals surface area (Å²) in [5, 5.41) is 10.2.